The maximum absolute atomic E-state index is 2.65. The average molecular weight is 957 g/mol. The highest BCUT2D eigenvalue weighted by atomic mass is 15.2. The summed E-state index contributed by atoms with van der Waals surface area (Å²) in [5.74, 6) is 0. The lowest BCUT2D eigenvalue weighted by Crippen LogP contribution is -2.15. The van der Waals surface area contributed by atoms with Gasteiger partial charge in [0.2, 0.25) is 0 Å². The molecule has 0 bridgehead atoms. The second-order valence-corrected chi connectivity index (χ2v) is 23.9. The van der Waals surface area contributed by atoms with E-state index in [2.05, 4.69) is 281 Å². The van der Waals surface area contributed by atoms with Crippen LogP contribution in [0.5, 0.6) is 0 Å². The highest BCUT2D eigenvalue weighted by Gasteiger charge is 2.32. The fraction of sp³-hybridized carbons (Fsp3) is 0.171. The summed E-state index contributed by atoms with van der Waals surface area (Å²) in [6.45, 7) is 21.2. The molecular formula is C70H60N4. The van der Waals surface area contributed by atoms with Crippen molar-refractivity contribution in [3.8, 4) is 0 Å². The van der Waals surface area contributed by atoms with E-state index in [1.807, 2.05) is 0 Å². The standard InChI is InChI=1S/C70H60N4/c1-68(2,3)44-35-54-52-41-60-58(42-59(52)73-64(54)55(36-44)57-38-46(70(7,8)9)39-61(65(57)73)71(47-25-14-10-15-26-47)48-27-16-11-17-28-48)63-51-33-23-22-24-43(51)34-53-56-37-45(69(4,5)6)40-62(66(56)74(60)67(53)63)72(49-29-18-12-19-30-49)50-31-20-13-21-32-50/h10-42H,1-9H3. The summed E-state index contributed by atoms with van der Waals surface area (Å²) < 4.78 is 5.29. The van der Waals surface area contributed by atoms with Crippen molar-refractivity contribution < 1.29 is 0 Å². The fourth-order valence-corrected chi connectivity index (χ4v) is 12.3. The van der Waals surface area contributed by atoms with Crippen LogP contribution in [-0.4, -0.2) is 8.80 Å². The maximum Gasteiger partial charge on any atom is 0.0783 e. The highest BCUT2D eigenvalue weighted by Crippen LogP contribution is 2.53. The minimum absolute atomic E-state index is 0.0981. The van der Waals surface area contributed by atoms with Crippen molar-refractivity contribution in [1.82, 2.24) is 8.80 Å². The zero-order valence-corrected chi connectivity index (χ0v) is 43.8. The number of hydrogen-bond donors (Lipinski definition) is 0. The minimum atomic E-state index is -0.109. The lowest BCUT2D eigenvalue weighted by atomic mass is 9.84. The molecule has 4 heteroatoms. The summed E-state index contributed by atoms with van der Waals surface area (Å²) in [6, 6.07) is 75.4. The highest BCUT2D eigenvalue weighted by molar-refractivity contribution is 6.35. The second-order valence-electron chi connectivity index (χ2n) is 23.9. The van der Waals surface area contributed by atoms with Gasteiger partial charge in [-0.3, -0.25) is 0 Å². The van der Waals surface area contributed by atoms with Crippen LogP contribution in [0.3, 0.4) is 0 Å². The molecule has 0 unspecified atom stereocenters. The Morgan fingerprint density at radius 3 is 1.07 bits per heavy atom. The van der Waals surface area contributed by atoms with Crippen molar-refractivity contribution in [2.75, 3.05) is 9.80 Å². The van der Waals surface area contributed by atoms with Gasteiger partial charge in [0.25, 0.3) is 0 Å². The predicted octanol–water partition coefficient (Wildman–Crippen LogP) is 20.0. The Bertz CT molecular complexity index is 4430. The third-order valence-electron chi connectivity index (χ3n) is 16.1. The van der Waals surface area contributed by atoms with E-state index in [9.17, 15) is 0 Å². The first-order valence-corrected chi connectivity index (χ1v) is 26.3. The molecule has 0 spiro atoms. The Morgan fingerprint density at radius 1 is 0.284 bits per heavy atom. The van der Waals surface area contributed by atoms with E-state index >= 15 is 0 Å². The molecule has 0 atom stereocenters. The Hall–Kier alpha value is -8.34. The molecule has 0 N–H and O–H groups in total. The molecule has 10 aromatic carbocycles. The van der Waals surface area contributed by atoms with Crippen LogP contribution in [0.1, 0.15) is 79.0 Å². The molecule has 0 aliphatic rings. The average Bonchev–Trinajstić information content (AvgIpc) is 4.13. The van der Waals surface area contributed by atoms with Gasteiger partial charge in [0.1, 0.15) is 0 Å². The van der Waals surface area contributed by atoms with Crippen LogP contribution >= 0.6 is 0 Å². The molecule has 360 valence electrons. The van der Waals surface area contributed by atoms with Gasteiger partial charge in [-0.15, -0.1) is 0 Å². The van der Waals surface area contributed by atoms with Gasteiger partial charge in [-0.1, -0.05) is 159 Å². The summed E-state index contributed by atoms with van der Waals surface area (Å²) in [6.07, 6.45) is 0. The Morgan fingerprint density at radius 2 is 0.622 bits per heavy atom. The van der Waals surface area contributed by atoms with E-state index in [0.29, 0.717) is 0 Å². The van der Waals surface area contributed by atoms with Crippen LogP contribution in [0.2, 0.25) is 0 Å². The first-order valence-electron chi connectivity index (χ1n) is 26.3. The molecule has 74 heavy (non-hydrogen) atoms. The van der Waals surface area contributed by atoms with E-state index in [0.717, 1.165) is 22.7 Å². The van der Waals surface area contributed by atoms with E-state index in [1.165, 1.54) is 115 Å². The van der Waals surface area contributed by atoms with E-state index in [1.54, 1.807) is 0 Å². The SMILES string of the molecule is CC(C)(C)c1cc(N(c2ccccc2)c2ccccc2)c2c(c1)c1cc(C(C)(C)C)cc3c4cc5c(cc4n2c31)c1c2ccccc2cc2c3cc(C(C)(C)C)cc(N(c4ccccc4)c4ccccc4)c3n5c21. The third kappa shape index (κ3) is 6.46. The van der Waals surface area contributed by atoms with Crippen molar-refractivity contribution in [2.45, 2.75) is 78.6 Å². The molecule has 0 saturated carbocycles. The summed E-state index contributed by atoms with van der Waals surface area (Å²) in [5.41, 5.74) is 17.9. The second kappa shape index (κ2) is 15.6. The summed E-state index contributed by atoms with van der Waals surface area (Å²) in [7, 11) is 0. The molecule has 0 saturated heterocycles. The van der Waals surface area contributed by atoms with Crippen LogP contribution < -0.4 is 9.80 Å². The summed E-state index contributed by atoms with van der Waals surface area (Å²) in [5, 5.41) is 12.7. The number of hydrogen-bond acceptors (Lipinski definition) is 2. The van der Waals surface area contributed by atoms with Crippen LogP contribution in [0.4, 0.5) is 34.1 Å². The topological polar surface area (TPSA) is 15.3 Å². The Balaban J connectivity index is 1.21. The predicted molar refractivity (Wildman–Crippen MR) is 319 cm³/mol. The Labute approximate surface area is 433 Å². The van der Waals surface area contributed by atoms with Crippen LogP contribution in [-0.2, 0) is 16.2 Å². The number of nitrogens with zero attached hydrogens (tertiary/aromatic N) is 4. The van der Waals surface area contributed by atoms with Crippen molar-refractivity contribution in [3.05, 3.63) is 217 Å². The van der Waals surface area contributed by atoms with Crippen LogP contribution in [0.15, 0.2) is 200 Å². The number of para-hydroxylation sites is 4. The monoisotopic (exact) mass is 956 g/mol. The van der Waals surface area contributed by atoms with Gasteiger partial charge in [-0.05, 0) is 147 Å². The molecule has 0 aliphatic carbocycles. The van der Waals surface area contributed by atoms with Crippen molar-refractivity contribution in [3.63, 3.8) is 0 Å². The zero-order valence-electron chi connectivity index (χ0n) is 43.8. The molecule has 4 heterocycles. The lowest BCUT2D eigenvalue weighted by Gasteiger charge is -2.29. The quantitative estimate of drug-likeness (QED) is 0.165. The molecule has 0 fully saturated rings. The molecule has 4 nitrogen and oxygen atoms in total. The molecular weight excluding hydrogens is 897 g/mol. The largest absolute Gasteiger partial charge is 0.308 e. The van der Waals surface area contributed by atoms with Crippen molar-refractivity contribution in [2.24, 2.45) is 0 Å². The zero-order chi connectivity index (χ0) is 50.6. The van der Waals surface area contributed by atoms with E-state index < -0.39 is 0 Å². The Kier molecular flexibility index (Phi) is 9.35. The summed E-state index contributed by atoms with van der Waals surface area (Å²) >= 11 is 0. The smallest absolute Gasteiger partial charge is 0.0783 e. The normalized spacial score (nSPS) is 12.9. The van der Waals surface area contributed by atoms with Gasteiger partial charge in [0, 0.05) is 65.8 Å². The molecule has 0 amide bonds. The van der Waals surface area contributed by atoms with Gasteiger partial charge in [0.05, 0.1) is 44.5 Å². The first kappa shape index (κ1) is 44.4. The number of benzene rings is 10. The van der Waals surface area contributed by atoms with Gasteiger partial charge in [-0.25, -0.2) is 0 Å². The van der Waals surface area contributed by atoms with E-state index in [4.69, 9.17) is 0 Å². The van der Waals surface area contributed by atoms with Gasteiger partial charge in [-0.2, -0.15) is 0 Å². The molecule has 0 radical (unpaired) electrons. The lowest BCUT2D eigenvalue weighted by molar-refractivity contribution is 0.591. The number of rotatable bonds is 6. The maximum atomic E-state index is 2.65. The van der Waals surface area contributed by atoms with Crippen LogP contribution in [0.25, 0.3) is 87.0 Å². The van der Waals surface area contributed by atoms with Gasteiger partial charge < -0.3 is 18.6 Å². The van der Waals surface area contributed by atoms with Gasteiger partial charge in [0.15, 0.2) is 0 Å². The first-order chi connectivity index (χ1) is 35.6. The number of anilines is 6. The van der Waals surface area contributed by atoms with E-state index in [-0.39, 0.29) is 16.2 Å². The molecule has 14 rings (SSSR count). The van der Waals surface area contributed by atoms with Crippen molar-refractivity contribution >= 4 is 121 Å². The number of aromatic nitrogens is 2. The molecule has 14 aromatic rings. The third-order valence-corrected chi connectivity index (χ3v) is 16.1. The van der Waals surface area contributed by atoms with Gasteiger partial charge >= 0.3 is 0 Å². The fourth-order valence-electron chi connectivity index (χ4n) is 12.3. The van der Waals surface area contributed by atoms with Crippen LogP contribution in [0, 0.1) is 0 Å². The molecule has 4 aromatic heterocycles. The summed E-state index contributed by atoms with van der Waals surface area (Å²) in [4.78, 5) is 4.97. The minimum Gasteiger partial charge on any atom is -0.308 e. The number of fused-ring (bicyclic) bond motifs is 14. The van der Waals surface area contributed by atoms with Crippen molar-refractivity contribution in [1.29, 1.82) is 0 Å². The molecule has 0 aliphatic heterocycles.